The van der Waals surface area contributed by atoms with E-state index in [1.54, 1.807) is 18.1 Å². The number of amides is 1. The van der Waals surface area contributed by atoms with Crippen molar-refractivity contribution in [3.63, 3.8) is 0 Å². The number of methoxy groups -OCH3 is 1. The lowest BCUT2D eigenvalue weighted by molar-refractivity contribution is 0.0719. The second kappa shape index (κ2) is 4.49. The Hall–Kier alpha value is -1.61. The minimum Gasteiger partial charge on any atom is -0.383 e. The van der Waals surface area contributed by atoms with Crippen LogP contribution >= 0.6 is 0 Å². The standard InChI is InChI=1S/C13H15NO2/c1-3-10-4-5-11-9-14(6-7-16-2)13(15)12(11)8-10/h3-5,8H,1,6-7,9H2,2H3. The van der Waals surface area contributed by atoms with Crippen LogP contribution in [0.5, 0.6) is 0 Å². The maximum Gasteiger partial charge on any atom is 0.254 e. The summed E-state index contributed by atoms with van der Waals surface area (Å²) in [4.78, 5) is 13.8. The van der Waals surface area contributed by atoms with E-state index >= 15 is 0 Å². The molecule has 0 bridgehead atoms. The van der Waals surface area contributed by atoms with Gasteiger partial charge in [-0.2, -0.15) is 0 Å². The number of ether oxygens (including phenoxy) is 1. The molecule has 3 nitrogen and oxygen atoms in total. The van der Waals surface area contributed by atoms with Crippen molar-refractivity contribution in [3.05, 3.63) is 41.5 Å². The highest BCUT2D eigenvalue weighted by Crippen LogP contribution is 2.23. The van der Waals surface area contributed by atoms with Crippen LogP contribution in [0.2, 0.25) is 0 Å². The Labute approximate surface area is 95.3 Å². The van der Waals surface area contributed by atoms with Crippen molar-refractivity contribution in [2.75, 3.05) is 20.3 Å². The molecule has 3 heteroatoms. The number of nitrogens with zero attached hydrogens (tertiary/aromatic N) is 1. The highest BCUT2D eigenvalue weighted by Gasteiger charge is 2.26. The lowest BCUT2D eigenvalue weighted by atomic mass is 10.1. The van der Waals surface area contributed by atoms with Gasteiger partial charge in [-0.1, -0.05) is 24.8 Å². The third-order valence-electron chi connectivity index (χ3n) is 2.81. The van der Waals surface area contributed by atoms with Crippen molar-refractivity contribution in [1.82, 2.24) is 4.90 Å². The SMILES string of the molecule is C=Cc1ccc2c(c1)C(=O)N(CCOC)C2. The van der Waals surface area contributed by atoms with Gasteiger partial charge in [0, 0.05) is 25.8 Å². The highest BCUT2D eigenvalue weighted by molar-refractivity contribution is 5.98. The summed E-state index contributed by atoms with van der Waals surface area (Å²) in [6.07, 6.45) is 1.76. The molecule has 1 aliphatic heterocycles. The topological polar surface area (TPSA) is 29.5 Å². The van der Waals surface area contributed by atoms with Crippen LogP contribution in [0, 0.1) is 0 Å². The van der Waals surface area contributed by atoms with E-state index in [1.807, 2.05) is 18.2 Å². The monoisotopic (exact) mass is 217 g/mol. The first-order chi connectivity index (χ1) is 7.76. The molecule has 0 spiro atoms. The first-order valence-electron chi connectivity index (χ1n) is 5.30. The van der Waals surface area contributed by atoms with Crippen molar-refractivity contribution < 1.29 is 9.53 Å². The molecule has 0 N–H and O–H groups in total. The number of carbonyl (C=O) groups is 1. The fourth-order valence-electron chi connectivity index (χ4n) is 1.89. The summed E-state index contributed by atoms with van der Waals surface area (Å²) >= 11 is 0. The molecule has 0 saturated heterocycles. The van der Waals surface area contributed by atoms with E-state index in [-0.39, 0.29) is 5.91 Å². The van der Waals surface area contributed by atoms with Crippen LogP contribution in [-0.4, -0.2) is 31.1 Å². The van der Waals surface area contributed by atoms with Gasteiger partial charge in [-0.15, -0.1) is 0 Å². The fourth-order valence-corrected chi connectivity index (χ4v) is 1.89. The Morgan fingerprint density at radius 1 is 1.56 bits per heavy atom. The van der Waals surface area contributed by atoms with E-state index in [2.05, 4.69) is 6.58 Å². The van der Waals surface area contributed by atoms with Crippen LogP contribution in [0.1, 0.15) is 21.5 Å². The van der Waals surface area contributed by atoms with Gasteiger partial charge >= 0.3 is 0 Å². The van der Waals surface area contributed by atoms with Crippen LogP contribution in [0.3, 0.4) is 0 Å². The average molecular weight is 217 g/mol. The van der Waals surface area contributed by atoms with E-state index in [0.717, 1.165) is 16.7 Å². The molecule has 0 unspecified atom stereocenters. The molecule has 0 atom stereocenters. The van der Waals surface area contributed by atoms with Gasteiger partial charge in [-0.25, -0.2) is 0 Å². The molecule has 0 saturated carbocycles. The highest BCUT2D eigenvalue weighted by atomic mass is 16.5. The molecule has 2 rings (SSSR count). The van der Waals surface area contributed by atoms with E-state index < -0.39 is 0 Å². The van der Waals surface area contributed by atoms with Gasteiger partial charge in [0.1, 0.15) is 0 Å². The lowest BCUT2D eigenvalue weighted by Gasteiger charge is -2.14. The van der Waals surface area contributed by atoms with Gasteiger partial charge < -0.3 is 9.64 Å². The normalized spacial score (nSPS) is 14.1. The summed E-state index contributed by atoms with van der Waals surface area (Å²) in [5, 5.41) is 0. The molecule has 84 valence electrons. The van der Waals surface area contributed by atoms with E-state index in [0.29, 0.717) is 19.7 Å². The third kappa shape index (κ3) is 1.86. The quantitative estimate of drug-likeness (QED) is 0.771. The Balaban J connectivity index is 2.21. The number of hydrogen-bond donors (Lipinski definition) is 0. The summed E-state index contributed by atoms with van der Waals surface area (Å²) in [6.45, 7) is 5.62. The van der Waals surface area contributed by atoms with Crippen molar-refractivity contribution in [2.24, 2.45) is 0 Å². The Kier molecular flexibility index (Phi) is 3.06. The van der Waals surface area contributed by atoms with Gasteiger partial charge in [0.25, 0.3) is 5.91 Å². The van der Waals surface area contributed by atoms with Crippen molar-refractivity contribution in [2.45, 2.75) is 6.54 Å². The molecule has 1 amide bonds. The van der Waals surface area contributed by atoms with Gasteiger partial charge in [0.2, 0.25) is 0 Å². The lowest BCUT2D eigenvalue weighted by Crippen LogP contribution is -2.27. The van der Waals surface area contributed by atoms with E-state index in [9.17, 15) is 4.79 Å². The largest absolute Gasteiger partial charge is 0.383 e. The van der Waals surface area contributed by atoms with Crippen LogP contribution in [0.4, 0.5) is 0 Å². The van der Waals surface area contributed by atoms with Gasteiger partial charge in [0.15, 0.2) is 0 Å². The van der Waals surface area contributed by atoms with Crippen LogP contribution in [0.15, 0.2) is 24.8 Å². The first kappa shape index (κ1) is 10.9. The molecular formula is C13H15NO2. The zero-order valence-electron chi connectivity index (χ0n) is 9.40. The first-order valence-corrected chi connectivity index (χ1v) is 5.30. The Morgan fingerprint density at radius 2 is 2.38 bits per heavy atom. The molecule has 1 aliphatic rings. The predicted molar refractivity (Wildman–Crippen MR) is 63.1 cm³/mol. The van der Waals surface area contributed by atoms with Crippen molar-refractivity contribution in [1.29, 1.82) is 0 Å². The Bertz CT molecular complexity index is 426. The Morgan fingerprint density at radius 3 is 3.06 bits per heavy atom. The van der Waals surface area contributed by atoms with Crippen molar-refractivity contribution >= 4 is 12.0 Å². The number of benzene rings is 1. The predicted octanol–water partition coefficient (Wildman–Crippen LogP) is 1.93. The van der Waals surface area contributed by atoms with Crippen LogP contribution in [0.25, 0.3) is 6.08 Å². The third-order valence-corrected chi connectivity index (χ3v) is 2.81. The number of hydrogen-bond acceptors (Lipinski definition) is 2. The van der Waals surface area contributed by atoms with Crippen molar-refractivity contribution in [3.8, 4) is 0 Å². The van der Waals surface area contributed by atoms with Crippen LogP contribution < -0.4 is 0 Å². The summed E-state index contributed by atoms with van der Waals surface area (Å²) in [6, 6.07) is 5.88. The second-order valence-corrected chi connectivity index (χ2v) is 3.84. The molecule has 0 fully saturated rings. The van der Waals surface area contributed by atoms with Gasteiger partial charge in [-0.3, -0.25) is 4.79 Å². The average Bonchev–Trinajstić information content (AvgIpc) is 2.63. The summed E-state index contributed by atoms with van der Waals surface area (Å²) in [5.41, 5.74) is 2.88. The summed E-state index contributed by atoms with van der Waals surface area (Å²) in [5.74, 6) is 0.0933. The second-order valence-electron chi connectivity index (χ2n) is 3.84. The summed E-state index contributed by atoms with van der Waals surface area (Å²) < 4.78 is 4.99. The summed E-state index contributed by atoms with van der Waals surface area (Å²) in [7, 11) is 1.64. The minimum absolute atomic E-state index is 0.0933. The smallest absolute Gasteiger partial charge is 0.254 e. The molecular weight excluding hydrogens is 202 g/mol. The maximum absolute atomic E-state index is 12.0. The van der Waals surface area contributed by atoms with Crippen LogP contribution in [-0.2, 0) is 11.3 Å². The molecule has 1 heterocycles. The minimum atomic E-state index is 0.0933. The zero-order chi connectivity index (χ0) is 11.5. The number of rotatable bonds is 4. The molecule has 0 aromatic heterocycles. The van der Waals surface area contributed by atoms with E-state index in [4.69, 9.17) is 4.74 Å². The molecule has 1 aromatic carbocycles. The van der Waals surface area contributed by atoms with E-state index in [1.165, 1.54) is 0 Å². The zero-order valence-corrected chi connectivity index (χ0v) is 9.40. The fraction of sp³-hybridized carbons (Fsp3) is 0.308. The van der Waals surface area contributed by atoms with Gasteiger partial charge in [-0.05, 0) is 17.2 Å². The number of fused-ring (bicyclic) bond motifs is 1. The maximum atomic E-state index is 12.0. The molecule has 0 aliphatic carbocycles. The molecule has 0 radical (unpaired) electrons. The van der Waals surface area contributed by atoms with Gasteiger partial charge in [0.05, 0.1) is 6.61 Å². The molecule has 16 heavy (non-hydrogen) atoms. The number of carbonyl (C=O) groups excluding carboxylic acids is 1. The molecule has 1 aromatic rings.